The molecule has 0 bridgehead atoms. The minimum Gasteiger partial charge on any atom is -0.377 e. The van der Waals surface area contributed by atoms with Crippen LogP contribution in [0.15, 0.2) is 4.99 Å². The van der Waals surface area contributed by atoms with Crippen LogP contribution in [-0.2, 0) is 14.2 Å². The van der Waals surface area contributed by atoms with Gasteiger partial charge >= 0.3 is 0 Å². The molecule has 2 fully saturated rings. The zero-order chi connectivity index (χ0) is 18.6. The van der Waals surface area contributed by atoms with Crippen LogP contribution in [0.2, 0.25) is 0 Å². The van der Waals surface area contributed by atoms with E-state index in [4.69, 9.17) is 14.2 Å². The molecule has 2 N–H and O–H groups in total. The largest absolute Gasteiger partial charge is 0.377 e. The Hall–Kier alpha value is -0.890. The SMILES string of the molecule is CCNC(=NCC1CN(CC(C)C)CCO1)NCCOCC1CCCO1. The van der Waals surface area contributed by atoms with Gasteiger partial charge in [-0.3, -0.25) is 9.89 Å². The van der Waals surface area contributed by atoms with Gasteiger partial charge < -0.3 is 24.8 Å². The van der Waals surface area contributed by atoms with Crippen molar-refractivity contribution in [1.82, 2.24) is 15.5 Å². The van der Waals surface area contributed by atoms with Crippen LogP contribution in [0.5, 0.6) is 0 Å². The third-order valence-electron chi connectivity index (χ3n) is 4.51. The number of guanidine groups is 1. The van der Waals surface area contributed by atoms with E-state index in [9.17, 15) is 0 Å². The van der Waals surface area contributed by atoms with E-state index in [1.807, 2.05) is 0 Å². The predicted molar refractivity (Wildman–Crippen MR) is 105 cm³/mol. The van der Waals surface area contributed by atoms with E-state index in [1.165, 1.54) is 0 Å². The second kappa shape index (κ2) is 12.5. The summed E-state index contributed by atoms with van der Waals surface area (Å²) in [5.74, 6) is 1.52. The maximum atomic E-state index is 5.88. The van der Waals surface area contributed by atoms with Crippen molar-refractivity contribution in [1.29, 1.82) is 0 Å². The van der Waals surface area contributed by atoms with Crippen LogP contribution in [0.3, 0.4) is 0 Å². The van der Waals surface area contributed by atoms with Crippen LogP contribution in [0.1, 0.15) is 33.6 Å². The highest BCUT2D eigenvalue weighted by atomic mass is 16.5. The van der Waals surface area contributed by atoms with E-state index in [-0.39, 0.29) is 12.2 Å². The molecule has 7 heteroatoms. The Labute approximate surface area is 158 Å². The average molecular weight is 371 g/mol. The standard InChI is InChI=1S/C19H38N4O3/c1-4-20-19(21-7-10-24-15-17-6-5-9-25-17)22-12-18-14-23(8-11-26-18)13-16(2)3/h16-18H,4-15H2,1-3H3,(H2,20,21,22). The predicted octanol–water partition coefficient (Wildman–Crippen LogP) is 1.09. The molecule has 2 heterocycles. The third-order valence-corrected chi connectivity index (χ3v) is 4.51. The van der Waals surface area contributed by atoms with Gasteiger partial charge in [0.25, 0.3) is 0 Å². The molecule has 2 rings (SSSR count). The monoisotopic (exact) mass is 370 g/mol. The molecule has 2 unspecified atom stereocenters. The molecule has 2 aliphatic rings. The summed E-state index contributed by atoms with van der Waals surface area (Å²) in [7, 11) is 0. The van der Waals surface area contributed by atoms with Crippen molar-refractivity contribution in [3.8, 4) is 0 Å². The summed E-state index contributed by atoms with van der Waals surface area (Å²) >= 11 is 0. The molecule has 0 aromatic heterocycles. The van der Waals surface area contributed by atoms with E-state index in [1.54, 1.807) is 0 Å². The topological polar surface area (TPSA) is 67.4 Å². The van der Waals surface area contributed by atoms with Crippen molar-refractivity contribution < 1.29 is 14.2 Å². The summed E-state index contributed by atoms with van der Waals surface area (Å²) in [6.07, 6.45) is 2.73. The first-order valence-electron chi connectivity index (χ1n) is 10.2. The van der Waals surface area contributed by atoms with Crippen molar-refractivity contribution in [2.24, 2.45) is 10.9 Å². The van der Waals surface area contributed by atoms with Crippen molar-refractivity contribution >= 4 is 5.96 Å². The lowest BCUT2D eigenvalue weighted by molar-refractivity contribution is -0.0262. The molecule has 152 valence electrons. The lowest BCUT2D eigenvalue weighted by Crippen LogP contribution is -2.46. The fourth-order valence-electron chi connectivity index (χ4n) is 3.34. The van der Waals surface area contributed by atoms with E-state index >= 15 is 0 Å². The maximum absolute atomic E-state index is 5.88. The Morgan fingerprint density at radius 2 is 2.08 bits per heavy atom. The molecule has 0 amide bonds. The highest BCUT2D eigenvalue weighted by Crippen LogP contribution is 2.11. The second-order valence-corrected chi connectivity index (χ2v) is 7.50. The van der Waals surface area contributed by atoms with Crippen LogP contribution in [0.4, 0.5) is 0 Å². The molecule has 0 aliphatic carbocycles. The van der Waals surface area contributed by atoms with Gasteiger partial charge in [0.2, 0.25) is 0 Å². The molecule has 0 aromatic carbocycles. The quantitative estimate of drug-likeness (QED) is 0.341. The summed E-state index contributed by atoms with van der Waals surface area (Å²) in [4.78, 5) is 7.17. The van der Waals surface area contributed by atoms with Crippen LogP contribution in [0, 0.1) is 5.92 Å². The Bertz CT molecular complexity index is 400. The first-order valence-corrected chi connectivity index (χ1v) is 10.2. The molecule has 0 radical (unpaired) electrons. The van der Waals surface area contributed by atoms with E-state index in [0.717, 1.165) is 64.7 Å². The maximum Gasteiger partial charge on any atom is 0.191 e. The van der Waals surface area contributed by atoms with Gasteiger partial charge in [-0.25, -0.2) is 0 Å². The number of morpholine rings is 1. The summed E-state index contributed by atoms with van der Waals surface area (Å²) < 4.78 is 17.1. The Kier molecular flexibility index (Phi) is 10.3. The van der Waals surface area contributed by atoms with Gasteiger partial charge in [0.1, 0.15) is 0 Å². The average Bonchev–Trinajstić information content (AvgIpc) is 3.12. The van der Waals surface area contributed by atoms with Gasteiger partial charge in [-0.1, -0.05) is 13.8 Å². The number of hydrogen-bond donors (Lipinski definition) is 2. The Morgan fingerprint density at radius 1 is 1.23 bits per heavy atom. The number of rotatable bonds is 10. The number of nitrogens with zero attached hydrogens (tertiary/aromatic N) is 2. The van der Waals surface area contributed by atoms with Gasteiger partial charge in [-0.05, 0) is 25.7 Å². The second-order valence-electron chi connectivity index (χ2n) is 7.50. The summed E-state index contributed by atoms with van der Waals surface area (Å²) in [5, 5.41) is 6.62. The smallest absolute Gasteiger partial charge is 0.191 e. The van der Waals surface area contributed by atoms with Crippen LogP contribution >= 0.6 is 0 Å². The zero-order valence-electron chi connectivity index (χ0n) is 16.8. The fraction of sp³-hybridized carbons (Fsp3) is 0.947. The molecular weight excluding hydrogens is 332 g/mol. The highest BCUT2D eigenvalue weighted by molar-refractivity contribution is 5.79. The Morgan fingerprint density at radius 3 is 2.81 bits per heavy atom. The zero-order valence-corrected chi connectivity index (χ0v) is 16.8. The van der Waals surface area contributed by atoms with E-state index in [0.29, 0.717) is 25.7 Å². The number of ether oxygens (including phenoxy) is 3. The minimum atomic E-state index is 0.175. The Balaban J connectivity index is 1.64. The van der Waals surface area contributed by atoms with Crippen LogP contribution in [0.25, 0.3) is 0 Å². The lowest BCUT2D eigenvalue weighted by atomic mass is 10.2. The summed E-state index contributed by atoms with van der Waals surface area (Å²) in [5.41, 5.74) is 0. The van der Waals surface area contributed by atoms with Gasteiger partial charge in [0, 0.05) is 39.3 Å². The van der Waals surface area contributed by atoms with E-state index < -0.39 is 0 Å². The molecule has 2 saturated heterocycles. The van der Waals surface area contributed by atoms with Gasteiger partial charge in [0.05, 0.1) is 38.6 Å². The summed E-state index contributed by atoms with van der Waals surface area (Å²) in [6.45, 7) is 15.0. The molecule has 26 heavy (non-hydrogen) atoms. The van der Waals surface area contributed by atoms with Crippen molar-refractivity contribution in [3.63, 3.8) is 0 Å². The molecule has 0 spiro atoms. The minimum absolute atomic E-state index is 0.175. The number of hydrogen-bond acceptors (Lipinski definition) is 5. The molecule has 0 aromatic rings. The normalized spacial score (nSPS) is 25.0. The van der Waals surface area contributed by atoms with Gasteiger partial charge in [-0.15, -0.1) is 0 Å². The lowest BCUT2D eigenvalue weighted by Gasteiger charge is -2.33. The van der Waals surface area contributed by atoms with Crippen molar-refractivity contribution in [2.45, 2.75) is 45.8 Å². The number of aliphatic imine (C=N–C) groups is 1. The van der Waals surface area contributed by atoms with Crippen LogP contribution < -0.4 is 10.6 Å². The van der Waals surface area contributed by atoms with E-state index in [2.05, 4.69) is 41.3 Å². The fourth-order valence-corrected chi connectivity index (χ4v) is 3.34. The third kappa shape index (κ3) is 8.66. The first-order chi connectivity index (χ1) is 12.7. The van der Waals surface area contributed by atoms with Gasteiger partial charge in [0.15, 0.2) is 5.96 Å². The molecule has 2 atom stereocenters. The summed E-state index contributed by atoms with van der Waals surface area (Å²) in [6, 6.07) is 0. The molecule has 7 nitrogen and oxygen atoms in total. The molecule has 0 saturated carbocycles. The molecule has 2 aliphatic heterocycles. The number of nitrogens with one attached hydrogen (secondary N) is 2. The first kappa shape index (κ1) is 21.4. The van der Waals surface area contributed by atoms with Crippen LogP contribution in [-0.4, -0.2) is 88.8 Å². The van der Waals surface area contributed by atoms with Crippen molar-refractivity contribution in [2.75, 3.05) is 65.7 Å². The van der Waals surface area contributed by atoms with Gasteiger partial charge in [-0.2, -0.15) is 0 Å². The highest BCUT2D eigenvalue weighted by Gasteiger charge is 2.20. The van der Waals surface area contributed by atoms with Crippen molar-refractivity contribution in [3.05, 3.63) is 0 Å². The molecular formula is C19H38N4O3.